The molecule has 1 aromatic carbocycles. The van der Waals surface area contributed by atoms with Gasteiger partial charge in [0, 0.05) is 0 Å². The normalized spacial score (nSPS) is 11.9. The van der Waals surface area contributed by atoms with Crippen LogP contribution in [0.5, 0.6) is 0 Å². The van der Waals surface area contributed by atoms with Crippen molar-refractivity contribution in [3.8, 4) is 0 Å². The van der Waals surface area contributed by atoms with Crippen LogP contribution in [-0.4, -0.2) is 18.5 Å². The summed E-state index contributed by atoms with van der Waals surface area (Å²) in [6.07, 6.45) is 0.654. The molecule has 23 heavy (non-hydrogen) atoms. The third kappa shape index (κ3) is 6.05. The van der Waals surface area contributed by atoms with Crippen molar-refractivity contribution in [1.82, 2.24) is 0 Å². The zero-order chi connectivity index (χ0) is 17.7. The number of carbonyl (C=O) groups excluding carboxylic acids is 2. The van der Waals surface area contributed by atoms with Gasteiger partial charge in [-0.05, 0) is 36.8 Å². The molecule has 0 aliphatic carbocycles. The molecule has 0 amide bonds. The summed E-state index contributed by atoms with van der Waals surface area (Å²) < 4.78 is 10.1. The Kier molecular flexibility index (Phi) is 6.37. The van der Waals surface area contributed by atoms with Crippen LogP contribution in [0.4, 0.5) is 0 Å². The summed E-state index contributed by atoms with van der Waals surface area (Å²) in [7, 11) is 0. The summed E-state index contributed by atoms with van der Waals surface area (Å²) >= 11 is 0. The van der Waals surface area contributed by atoms with Crippen molar-refractivity contribution in [2.45, 2.75) is 60.0 Å². The van der Waals surface area contributed by atoms with E-state index >= 15 is 0 Å². The summed E-state index contributed by atoms with van der Waals surface area (Å²) in [5.74, 6) is -0.920. The van der Waals surface area contributed by atoms with Crippen LogP contribution in [0.1, 0.15) is 59.1 Å². The maximum Gasteiger partial charge on any atom is 0.344 e. The maximum atomic E-state index is 11.8. The van der Waals surface area contributed by atoms with E-state index in [2.05, 4.69) is 20.8 Å². The number of carbonyl (C=O) groups is 2. The van der Waals surface area contributed by atoms with Crippen LogP contribution in [0.3, 0.4) is 0 Å². The van der Waals surface area contributed by atoms with E-state index in [9.17, 15) is 9.59 Å². The van der Waals surface area contributed by atoms with Crippen LogP contribution >= 0.6 is 0 Å². The first kappa shape index (κ1) is 19.2. The fourth-order valence-corrected chi connectivity index (χ4v) is 1.77. The van der Waals surface area contributed by atoms with Crippen LogP contribution in [0, 0.1) is 5.41 Å². The van der Waals surface area contributed by atoms with Gasteiger partial charge in [0.05, 0.1) is 5.41 Å². The number of hydrogen-bond donors (Lipinski definition) is 0. The summed E-state index contributed by atoms with van der Waals surface area (Å²) in [6.45, 7) is 11.8. The molecule has 0 aliphatic heterocycles. The lowest BCUT2D eigenvalue weighted by Gasteiger charge is -2.20. The minimum absolute atomic E-state index is 0.0927. The molecule has 0 fully saturated rings. The van der Waals surface area contributed by atoms with Crippen molar-refractivity contribution in [2.75, 3.05) is 6.61 Å². The third-order valence-electron chi connectivity index (χ3n) is 3.98. The average molecular weight is 320 g/mol. The van der Waals surface area contributed by atoms with E-state index in [0.29, 0.717) is 6.42 Å². The first-order chi connectivity index (χ1) is 10.6. The van der Waals surface area contributed by atoms with E-state index in [1.807, 2.05) is 31.2 Å². The van der Waals surface area contributed by atoms with Crippen molar-refractivity contribution in [2.24, 2.45) is 5.41 Å². The maximum absolute atomic E-state index is 11.8. The molecule has 0 saturated heterocycles. The standard InChI is InChI=1S/C19H28O4/c1-7-19(5,6)17(21)23-13-16(20)22-12-14-8-10-15(11-9-14)18(2,3)4/h8-11H,7,12-13H2,1-6H3. The van der Waals surface area contributed by atoms with Crippen molar-refractivity contribution >= 4 is 11.9 Å². The Morgan fingerprint density at radius 2 is 1.52 bits per heavy atom. The minimum atomic E-state index is -0.580. The molecular weight excluding hydrogens is 292 g/mol. The molecule has 0 radical (unpaired) electrons. The van der Waals surface area contributed by atoms with Crippen molar-refractivity contribution in [3.63, 3.8) is 0 Å². The Balaban J connectivity index is 2.43. The lowest BCUT2D eigenvalue weighted by molar-refractivity contribution is -0.165. The Morgan fingerprint density at radius 1 is 0.957 bits per heavy atom. The highest BCUT2D eigenvalue weighted by Crippen LogP contribution is 2.23. The minimum Gasteiger partial charge on any atom is -0.458 e. The average Bonchev–Trinajstić information content (AvgIpc) is 2.49. The highest BCUT2D eigenvalue weighted by atomic mass is 16.6. The third-order valence-corrected chi connectivity index (χ3v) is 3.98. The zero-order valence-electron chi connectivity index (χ0n) is 15.1. The highest BCUT2D eigenvalue weighted by Gasteiger charge is 2.27. The van der Waals surface area contributed by atoms with E-state index in [4.69, 9.17) is 9.47 Å². The Morgan fingerprint density at radius 3 is 2.00 bits per heavy atom. The van der Waals surface area contributed by atoms with Crippen LogP contribution in [0.15, 0.2) is 24.3 Å². The highest BCUT2D eigenvalue weighted by molar-refractivity contribution is 5.79. The quantitative estimate of drug-likeness (QED) is 0.743. The molecule has 0 saturated carbocycles. The molecule has 4 heteroatoms. The number of esters is 2. The second-order valence-corrected chi connectivity index (χ2v) is 7.42. The molecule has 0 aliphatic rings. The van der Waals surface area contributed by atoms with E-state index < -0.39 is 11.4 Å². The Bertz CT molecular complexity index is 535. The summed E-state index contributed by atoms with van der Waals surface area (Å²) in [6, 6.07) is 7.96. The van der Waals surface area contributed by atoms with Gasteiger partial charge in [-0.25, -0.2) is 4.79 Å². The molecule has 0 heterocycles. The fraction of sp³-hybridized carbons (Fsp3) is 0.579. The molecule has 0 N–H and O–H groups in total. The number of ether oxygens (including phenoxy) is 2. The Labute approximate surface area is 139 Å². The van der Waals surface area contributed by atoms with Crippen LogP contribution < -0.4 is 0 Å². The topological polar surface area (TPSA) is 52.6 Å². The van der Waals surface area contributed by atoms with Gasteiger partial charge in [0.15, 0.2) is 6.61 Å². The van der Waals surface area contributed by atoms with Gasteiger partial charge in [0.2, 0.25) is 0 Å². The predicted octanol–water partition coefficient (Wildman–Crippen LogP) is 4.01. The van der Waals surface area contributed by atoms with Crippen molar-refractivity contribution in [3.05, 3.63) is 35.4 Å². The number of benzene rings is 1. The van der Waals surface area contributed by atoms with Crippen LogP contribution in [0.25, 0.3) is 0 Å². The molecule has 1 rings (SSSR count). The largest absolute Gasteiger partial charge is 0.458 e. The van der Waals surface area contributed by atoms with E-state index in [0.717, 1.165) is 5.56 Å². The Hall–Kier alpha value is -1.84. The second-order valence-electron chi connectivity index (χ2n) is 7.42. The van der Waals surface area contributed by atoms with Gasteiger partial charge in [-0.1, -0.05) is 52.0 Å². The van der Waals surface area contributed by atoms with Gasteiger partial charge < -0.3 is 9.47 Å². The second kappa shape index (κ2) is 7.62. The van der Waals surface area contributed by atoms with Crippen LogP contribution in [0.2, 0.25) is 0 Å². The van der Waals surface area contributed by atoms with Crippen LogP contribution in [-0.2, 0) is 31.1 Å². The van der Waals surface area contributed by atoms with Gasteiger partial charge in [-0.15, -0.1) is 0 Å². The SMILES string of the molecule is CCC(C)(C)C(=O)OCC(=O)OCc1ccc(C(C)(C)C)cc1. The fourth-order valence-electron chi connectivity index (χ4n) is 1.77. The van der Waals surface area contributed by atoms with Crippen molar-refractivity contribution < 1.29 is 19.1 Å². The molecule has 0 bridgehead atoms. The van der Waals surface area contributed by atoms with E-state index in [1.54, 1.807) is 13.8 Å². The summed E-state index contributed by atoms with van der Waals surface area (Å²) in [5.41, 5.74) is 1.65. The molecule has 0 spiro atoms. The van der Waals surface area contributed by atoms with Crippen molar-refractivity contribution in [1.29, 1.82) is 0 Å². The van der Waals surface area contributed by atoms with Gasteiger partial charge in [0.1, 0.15) is 6.61 Å². The smallest absolute Gasteiger partial charge is 0.344 e. The van der Waals surface area contributed by atoms with Gasteiger partial charge >= 0.3 is 11.9 Å². The molecule has 0 atom stereocenters. The van der Waals surface area contributed by atoms with Gasteiger partial charge in [0.25, 0.3) is 0 Å². The molecule has 0 unspecified atom stereocenters. The van der Waals surface area contributed by atoms with Gasteiger partial charge in [-0.2, -0.15) is 0 Å². The lowest BCUT2D eigenvalue weighted by atomic mass is 9.87. The molecule has 128 valence electrons. The molecule has 4 nitrogen and oxygen atoms in total. The summed E-state index contributed by atoms with van der Waals surface area (Å²) in [5, 5.41) is 0. The molecular formula is C19H28O4. The molecule has 1 aromatic rings. The lowest BCUT2D eigenvalue weighted by Crippen LogP contribution is -2.28. The monoisotopic (exact) mass is 320 g/mol. The van der Waals surface area contributed by atoms with Gasteiger partial charge in [-0.3, -0.25) is 4.79 Å². The first-order valence-corrected chi connectivity index (χ1v) is 7.98. The molecule has 0 aromatic heterocycles. The first-order valence-electron chi connectivity index (χ1n) is 7.98. The zero-order valence-corrected chi connectivity index (χ0v) is 15.1. The van der Waals surface area contributed by atoms with E-state index in [-0.39, 0.29) is 24.6 Å². The number of rotatable bonds is 6. The number of hydrogen-bond acceptors (Lipinski definition) is 4. The van der Waals surface area contributed by atoms with E-state index in [1.165, 1.54) is 5.56 Å². The predicted molar refractivity (Wildman–Crippen MR) is 90.0 cm³/mol. The summed E-state index contributed by atoms with van der Waals surface area (Å²) in [4.78, 5) is 23.4.